The van der Waals surface area contributed by atoms with Crippen LogP contribution >= 0.6 is 11.6 Å². The van der Waals surface area contributed by atoms with Gasteiger partial charge in [0.05, 0.1) is 34.5 Å². The van der Waals surface area contributed by atoms with Crippen molar-refractivity contribution in [3.63, 3.8) is 0 Å². The molecule has 1 atom stereocenters. The van der Waals surface area contributed by atoms with Crippen molar-refractivity contribution in [3.8, 4) is 23.0 Å². The SMILES string of the molecule is COc1cc2c(cc1OC)[C@H](c1cccc(Cl)c1)N(Cc1ccc(OC)c(C)c1OC)CC2. The zero-order valence-corrected chi connectivity index (χ0v) is 20.5. The van der Waals surface area contributed by atoms with E-state index in [0.717, 1.165) is 64.2 Å². The third-order valence-electron chi connectivity index (χ3n) is 6.37. The monoisotopic (exact) mass is 467 g/mol. The number of fused-ring (bicyclic) bond motifs is 1. The number of hydrogen-bond donors (Lipinski definition) is 0. The van der Waals surface area contributed by atoms with E-state index in [1.54, 1.807) is 28.4 Å². The van der Waals surface area contributed by atoms with Gasteiger partial charge in [-0.05, 0) is 60.4 Å². The zero-order valence-electron chi connectivity index (χ0n) is 19.8. The molecule has 0 amide bonds. The lowest BCUT2D eigenvalue weighted by Crippen LogP contribution is -2.36. The van der Waals surface area contributed by atoms with Gasteiger partial charge in [-0.2, -0.15) is 0 Å². The Bertz CT molecular complexity index is 1150. The fraction of sp³-hybridized carbons (Fsp3) is 0.333. The predicted octanol–water partition coefficient (Wildman–Crippen LogP) is 5.83. The first-order valence-corrected chi connectivity index (χ1v) is 11.3. The van der Waals surface area contributed by atoms with Crippen LogP contribution in [0.25, 0.3) is 0 Å². The van der Waals surface area contributed by atoms with Crippen LogP contribution in [0.2, 0.25) is 5.02 Å². The van der Waals surface area contributed by atoms with E-state index in [4.69, 9.17) is 30.5 Å². The lowest BCUT2D eigenvalue weighted by molar-refractivity contribution is 0.200. The Morgan fingerprint density at radius 1 is 0.879 bits per heavy atom. The van der Waals surface area contributed by atoms with E-state index in [2.05, 4.69) is 29.2 Å². The van der Waals surface area contributed by atoms with Gasteiger partial charge in [-0.25, -0.2) is 0 Å². The molecule has 4 rings (SSSR count). The van der Waals surface area contributed by atoms with Crippen molar-refractivity contribution in [2.75, 3.05) is 35.0 Å². The van der Waals surface area contributed by atoms with Crippen LogP contribution in [0.5, 0.6) is 23.0 Å². The van der Waals surface area contributed by atoms with Crippen LogP contribution in [-0.2, 0) is 13.0 Å². The average Bonchev–Trinajstić information content (AvgIpc) is 2.83. The molecule has 1 aliphatic heterocycles. The Morgan fingerprint density at radius 2 is 1.61 bits per heavy atom. The summed E-state index contributed by atoms with van der Waals surface area (Å²) in [6, 6.07) is 16.4. The summed E-state index contributed by atoms with van der Waals surface area (Å²) in [5.41, 5.74) is 5.71. The number of ether oxygens (including phenoxy) is 4. The number of halogens is 1. The summed E-state index contributed by atoms with van der Waals surface area (Å²) in [5, 5.41) is 0.720. The normalized spacial score (nSPS) is 15.6. The summed E-state index contributed by atoms with van der Waals surface area (Å²) in [6.45, 7) is 3.63. The number of methoxy groups -OCH3 is 4. The van der Waals surface area contributed by atoms with Crippen molar-refractivity contribution in [1.82, 2.24) is 4.90 Å². The van der Waals surface area contributed by atoms with E-state index in [9.17, 15) is 0 Å². The second-order valence-electron chi connectivity index (χ2n) is 8.17. The van der Waals surface area contributed by atoms with Gasteiger partial charge in [-0.3, -0.25) is 4.90 Å². The van der Waals surface area contributed by atoms with E-state index < -0.39 is 0 Å². The molecule has 174 valence electrons. The van der Waals surface area contributed by atoms with Crippen LogP contribution in [0, 0.1) is 6.92 Å². The molecule has 5 nitrogen and oxygen atoms in total. The first kappa shape index (κ1) is 23.3. The molecule has 1 heterocycles. The molecule has 0 aliphatic carbocycles. The molecule has 0 spiro atoms. The maximum Gasteiger partial charge on any atom is 0.161 e. The standard InChI is InChI=1S/C27H30ClNO4/c1-17-23(30-2)10-9-20(27(17)33-5)16-29-12-11-18-14-24(31-3)25(32-4)15-22(18)26(29)19-7-6-8-21(28)13-19/h6-10,13-15,26H,11-12,16H2,1-5H3/t26-/m0/s1. The summed E-state index contributed by atoms with van der Waals surface area (Å²) >= 11 is 6.41. The molecular formula is C27H30ClNO4. The van der Waals surface area contributed by atoms with Gasteiger partial charge in [0.1, 0.15) is 11.5 Å². The van der Waals surface area contributed by atoms with Crippen molar-refractivity contribution in [1.29, 1.82) is 0 Å². The molecule has 0 fully saturated rings. The van der Waals surface area contributed by atoms with Crippen LogP contribution < -0.4 is 18.9 Å². The molecule has 0 saturated carbocycles. The number of nitrogens with zero attached hydrogens (tertiary/aromatic N) is 1. The molecule has 3 aromatic carbocycles. The van der Waals surface area contributed by atoms with Gasteiger partial charge >= 0.3 is 0 Å². The minimum atomic E-state index is 0.0133. The third kappa shape index (κ3) is 4.48. The fourth-order valence-electron chi connectivity index (χ4n) is 4.81. The van der Waals surface area contributed by atoms with Crippen molar-refractivity contribution in [2.45, 2.75) is 25.9 Å². The minimum Gasteiger partial charge on any atom is -0.496 e. The van der Waals surface area contributed by atoms with Crippen molar-refractivity contribution >= 4 is 11.6 Å². The summed E-state index contributed by atoms with van der Waals surface area (Å²) < 4.78 is 22.5. The Morgan fingerprint density at radius 3 is 2.27 bits per heavy atom. The van der Waals surface area contributed by atoms with Gasteiger partial charge in [0, 0.05) is 29.2 Å². The molecule has 0 aromatic heterocycles. The molecule has 3 aromatic rings. The van der Waals surface area contributed by atoms with Gasteiger partial charge < -0.3 is 18.9 Å². The summed E-state index contributed by atoms with van der Waals surface area (Å²) in [4.78, 5) is 2.46. The Hall–Kier alpha value is -2.89. The van der Waals surface area contributed by atoms with E-state index in [1.165, 1.54) is 11.1 Å². The number of rotatable bonds is 7. The van der Waals surface area contributed by atoms with Crippen LogP contribution in [0.15, 0.2) is 48.5 Å². The lowest BCUT2D eigenvalue weighted by Gasteiger charge is -2.38. The molecule has 0 unspecified atom stereocenters. The maximum atomic E-state index is 6.41. The first-order chi connectivity index (χ1) is 16.0. The third-order valence-corrected chi connectivity index (χ3v) is 6.61. The van der Waals surface area contributed by atoms with E-state index in [0.29, 0.717) is 0 Å². The lowest BCUT2D eigenvalue weighted by atomic mass is 9.87. The van der Waals surface area contributed by atoms with Crippen LogP contribution in [0.1, 0.15) is 33.9 Å². The second-order valence-corrected chi connectivity index (χ2v) is 8.61. The Kier molecular flexibility index (Phi) is 7.01. The van der Waals surface area contributed by atoms with Crippen LogP contribution in [-0.4, -0.2) is 39.9 Å². The van der Waals surface area contributed by atoms with Crippen molar-refractivity contribution in [2.24, 2.45) is 0 Å². The van der Waals surface area contributed by atoms with E-state index in [-0.39, 0.29) is 6.04 Å². The molecule has 0 saturated heterocycles. The fourth-order valence-corrected chi connectivity index (χ4v) is 5.01. The number of benzene rings is 3. The quantitative estimate of drug-likeness (QED) is 0.437. The molecule has 33 heavy (non-hydrogen) atoms. The molecular weight excluding hydrogens is 438 g/mol. The highest BCUT2D eigenvalue weighted by atomic mass is 35.5. The van der Waals surface area contributed by atoms with Gasteiger partial charge in [0.15, 0.2) is 11.5 Å². The first-order valence-electron chi connectivity index (χ1n) is 11.0. The van der Waals surface area contributed by atoms with Crippen LogP contribution in [0.4, 0.5) is 0 Å². The summed E-state index contributed by atoms with van der Waals surface area (Å²) in [6.07, 6.45) is 0.907. The highest BCUT2D eigenvalue weighted by Gasteiger charge is 2.31. The van der Waals surface area contributed by atoms with Gasteiger partial charge in [0.2, 0.25) is 0 Å². The zero-order chi connectivity index (χ0) is 23.5. The van der Waals surface area contributed by atoms with Gasteiger partial charge in [-0.15, -0.1) is 0 Å². The predicted molar refractivity (Wildman–Crippen MR) is 131 cm³/mol. The molecule has 0 N–H and O–H groups in total. The Balaban J connectivity index is 1.81. The molecule has 6 heteroatoms. The van der Waals surface area contributed by atoms with Gasteiger partial charge in [0.25, 0.3) is 0 Å². The average molecular weight is 468 g/mol. The topological polar surface area (TPSA) is 40.2 Å². The molecule has 1 aliphatic rings. The smallest absolute Gasteiger partial charge is 0.161 e. The minimum absolute atomic E-state index is 0.0133. The number of hydrogen-bond acceptors (Lipinski definition) is 5. The highest BCUT2D eigenvalue weighted by Crippen LogP contribution is 2.43. The maximum absolute atomic E-state index is 6.41. The Labute approximate surface area is 200 Å². The van der Waals surface area contributed by atoms with Crippen LogP contribution in [0.3, 0.4) is 0 Å². The van der Waals surface area contributed by atoms with Gasteiger partial charge in [-0.1, -0.05) is 29.8 Å². The van der Waals surface area contributed by atoms with E-state index in [1.807, 2.05) is 31.2 Å². The highest BCUT2D eigenvalue weighted by molar-refractivity contribution is 6.30. The molecule has 0 bridgehead atoms. The largest absolute Gasteiger partial charge is 0.496 e. The summed E-state index contributed by atoms with van der Waals surface area (Å²) in [5.74, 6) is 3.16. The molecule has 0 radical (unpaired) electrons. The summed E-state index contributed by atoms with van der Waals surface area (Å²) in [7, 11) is 6.73. The van der Waals surface area contributed by atoms with Crippen molar-refractivity contribution < 1.29 is 18.9 Å². The second kappa shape index (κ2) is 9.94. The van der Waals surface area contributed by atoms with E-state index >= 15 is 0 Å². The van der Waals surface area contributed by atoms with Crippen molar-refractivity contribution in [3.05, 3.63) is 81.4 Å².